The highest BCUT2D eigenvalue weighted by molar-refractivity contribution is 5.83. The normalized spacial score (nSPS) is 43.6. The van der Waals surface area contributed by atoms with E-state index in [2.05, 4.69) is 12.2 Å². The minimum absolute atomic E-state index is 0.0663. The lowest BCUT2D eigenvalue weighted by Gasteiger charge is -2.27. The fourth-order valence-corrected chi connectivity index (χ4v) is 2.61. The summed E-state index contributed by atoms with van der Waals surface area (Å²) in [6.07, 6.45) is 3.40. The highest BCUT2D eigenvalue weighted by Gasteiger charge is 2.45. The first-order valence-corrected chi connectivity index (χ1v) is 6.16. The molecule has 16 heavy (non-hydrogen) atoms. The fraction of sp³-hybridized carbons (Fsp3) is 0.917. The molecule has 0 bridgehead atoms. The molecule has 0 spiro atoms. The minimum Gasteiger partial charge on any atom is -0.379 e. The van der Waals surface area contributed by atoms with Crippen molar-refractivity contribution in [2.75, 3.05) is 13.2 Å². The van der Waals surface area contributed by atoms with Gasteiger partial charge in [0.25, 0.3) is 0 Å². The third-order valence-electron chi connectivity index (χ3n) is 4.07. The zero-order valence-corrected chi connectivity index (χ0v) is 10.2. The van der Waals surface area contributed by atoms with Crippen LogP contribution in [0.2, 0.25) is 0 Å². The third kappa shape index (κ3) is 2.09. The molecule has 1 heterocycles. The Balaban J connectivity index is 1.92. The summed E-state index contributed by atoms with van der Waals surface area (Å²) in [5, 5.41) is 3.12. The van der Waals surface area contributed by atoms with Crippen molar-refractivity contribution in [2.45, 2.75) is 45.2 Å². The second-order valence-electron chi connectivity index (χ2n) is 5.63. The molecule has 92 valence electrons. The van der Waals surface area contributed by atoms with Crippen molar-refractivity contribution in [3.63, 3.8) is 0 Å². The van der Waals surface area contributed by atoms with Crippen LogP contribution in [-0.2, 0) is 9.53 Å². The molecule has 3 N–H and O–H groups in total. The van der Waals surface area contributed by atoms with E-state index in [0.29, 0.717) is 19.3 Å². The van der Waals surface area contributed by atoms with Gasteiger partial charge in [-0.15, -0.1) is 0 Å². The number of hydrogen-bond acceptors (Lipinski definition) is 3. The molecule has 1 saturated heterocycles. The van der Waals surface area contributed by atoms with Crippen LogP contribution in [0.5, 0.6) is 0 Å². The summed E-state index contributed by atoms with van der Waals surface area (Å²) in [6.45, 7) is 5.07. The zero-order valence-electron chi connectivity index (χ0n) is 10.2. The Labute approximate surface area is 96.9 Å². The summed E-state index contributed by atoms with van der Waals surface area (Å²) in [4.78, 5) is 12.2. The van der Waals surface area contributed by atoms with Crippen LogP contribution in [-0.4, -0.2) is 31.2 Å². The lowest BCUT2D eigenvalue weighted by molar-refractivity contribution is -0.131. The van der Waals surface area contributed by atoms with Crippen LogP contribution in [0, 0.1) is 11.3 Å². The summed E-state index contributed by atoms with van der Waals surface area (Å²) in [7, 11) is 0. The molecule has 2 fully saturated rings. The Morgan fingerprint density at radius 1 is 1.50 bits per heavy atom. The fourth-order valence-electron chi connectivity index (χ4n) is 2.61. The first kappa shape index (κ1) is 11.9. The molecule has 1 amide bonds. The van der Waals surface area contributed by atoms with Gasteiger partial charge in [-0.05, 0) is 32.1 Å². The van der Waals surface area contributed by atoms with Crippen molar-refractivity contribution < 1.29 is 9.53 Å². The molecule has 4 atom stereocenters. The smallest absolute Gasteiger partial charge is 0.230 e. The third-order valence-corrected chi connectivity index (χ3v) is 4.07. The van der Waals surface area contributed by atoms with Gasteiger partial charge in [0.15, 0.2) is 0 Å². The van der Waals surface area contributed by atoms with Crippen molar-refractivity contribution in [3.05, 3.63) is 0 Å². The van der Waals surface area contributed by atoms with Gasteiger partial charge in [0.05, 0.1) is 18.6 Å². The van der Waals surface area contributed by atoms with Gasteiger partial charge in [-0.2, -0.15) is 0 Å². The van der Waals surface area contributed by atoms with Crippen LogP contribution < -0.4 is 11.1 Å². The Bertz CT molecular complexity index is 282. The lowest BCUT2D eigenvalue weighted by Crippen LogP contribution is -2.52. The predicted molar refractivity (Wildman–Crippen MR) is 61.8 cm³/mol. The Morgan fingerprint density at radius 2 is 2.25 bits per heavy atom. The van der Waals surface area contributed by atoms with Gasteiger partial charge < -0.3 is 15.8 Å². The maximum Gasteiger partial charge on any atom is 0.230 e. The van der Waals surface area contributed by atoms with Gasteiger partial charge in [-0.3, -0.25) is 4.79 Å². The molecule has 4 nitrogen and oxygen atoms in total. The van der Waals surface area contributed by atoms with Crippen molar-refractivity contribution >= 4 is 5.91 Å². The van der Waals surface area contributed by atoms with Crippen molar-refractivity contribution in [1.82, 2.24) is 5.32 Å². The molecule has 2 rings (SSSR count). The molecule has 0 aromatic heterocycles. The molecule has 4 heteroatoms. The van der Waals surface area contributed by atoms with E-state index in [1.807, 2.05) is 6.92 Å². The van der Waals surface area contributed by atoms with Gasteiger partial charge >= 0.3 is 0 Å². The van der Waals surface area contributed by atoms with Gasteiger partial charge in [0.1, 0.15) is 0 Å². The van der Waals surface area contributed by atoms with Crippen molar-refractivity contribution in [1.29, 1.82) is 0 Å². The standard InChI is InChI=1S/C12H22N2O2/c1-8-3-4-9(5-8)14-11(15)12(2)7-16-6-10(12)13/h8-10H,3-7,13H2,1-2H3,(H,14,15). The lowest BCUT2D eigenvalue weighted by atomic mass is 9.84. The van der Waals surface area contributed by atoms with Crippen LogP contribution >= 0.6 is 0 Å². The molecule has 1 aliphatic carbocycles. The van der Waals surface area contributed by atoms with Gasteiger partial charge in [-0.1, -0.05) is 6.92 Å². The average Bonchev–Trinajstić information content (AvgIpc) is 2.76. The Hall–Kier alpha value is -0.610. The van der Waals surface area contributed by atoms with Crippen molar-refractivity contribution in [3.8, 4) is 0 Å². The molecule has 1 saturated carbocycles. The van der Waals surface area contributed by atoms with E-state index in [-0.39, 0.29) is 11.9 Å². The van der Waals surface area contributed by atoms with E-state index in [1.165, 1.54) is 6.42 Å². The van der Waals surface area contributed by atoms with E-state index < -0.39 is 5.41 Å². The van der Waals surface area contributed by atoms with Crippen molar-refractivity contribution in [2.24, 2.45) is 17.1 Å². The van der Waals surface area contributed by atoms with Crippen LogP contribution in [0.4, 0.5) is 0 Å². The van der Waals surface area contributed by atoms with Gasteiger partial charge in [0, 0.05) is 12.1 Å². The molecular weight excluding hydrogens is 204 g/mol. The minimum atomic E-state index is -0.536. The number of carbonyl (C=O) groups excluding carboxylic acids is 1. The number of nitrogens with one attached hydrogen (secondary N) is 1. The zero-order chi connectivity index (χ0) is 11.8. The molecular formula is C12H22N2O2. The first-order valence-electron chi connectivity index (χ1n) is 6.16. The molecule has 2 aliphatic rings. The molecule has 1 aliphatic heterocycles. The number of amides is 1. The van der Waals surface area contributed by atoms with E-state index in [4.69, 9.17) is 10.5 Å². The second kappa shape index (κ2) is 4.34. The topological polar surface area (TPSA) is 64.3 Å². The summed E-state index contributed by atoms with van der Waals surface area (Å²) in [6, 6.07) is 0.165. The maximum atomic E-state index is 12.2. The van der Waals surface area contributed by atoms with Gasteiger partial charge in [-0.25, -0.2) is 0 Å². The van der Waals surface area contributed by atoms with E-state index in [1.54, 1.807) is 0 Å². The quantitative estimate of drug-likeness (QED) is 0.727. The number of hydrogen-bond donors (Lipinski definition) is 2. The Morgan fingerprint density at radius 3 is 2.75 bits per heavy atom. The first-order chi connectivity index (χ1) is 7.52. The monoisotopic (exact) mass is 226 g/mol. The molecule has 0 aromatic carbocycles. The highest BCUT2D eigenvalue weighted by atomic mass is 16.5. The number of nitrogens with two attached hydrogens (primary N) is 1. The molecule has 0 radical (unpaired) electrons. The summed E-state index contributed by atoms with van der Waals surface area (Å²) >= 11 is 0. The van der Waals surface area contributed by atoms with E-state index >= 15 is 0 Å². The average molecular weight is 226 g/mol. The van der Waals surface area contributed by atoms with Gasteiger partial charge in [0.2, 0.25) is 5.91 Å². The summed E-state index contributed by atoms with van der Waals surface area (Å²) in [5.41, 5.74) is 5.39. The maximum absolute atomic E-state index is 12.2. The van der Waals surface area contributed by atoms with Crippen LogP contribution in [0.15, 0.2) is 0 Å². The number of rotatable bonds is 2. The predicted octanol–water partition coefficient (Wildman–Crippen LogP) is 0.655. The van der Waals surface area contributed by atoms with E-state index in [9.17, 15) is 4.79 Å². The summed E-state index contributed by atoms with van der Waals surface area (Å²) in [5.74, 6) is 0.795. The Kier molecular flexibility index (Phi) is 3.22. The highest BCUT2D eigenvalue weighted by Crippen LogP contribution is 2.30. The summed E-state index contributed by atoms with van der Waals surface area (Å²) < 4.78 is 5.29. The SMILES string of the molecule is CC1CCC(NC(=O)C2(C)COCC2N)C1. The second-order valence-corrected chi connectivity index (χ2v) is 5.63. The molecule has 0 aromatic rings. The number of carbonyl (C=O) groups is 1. The van der Waals surface area contributed by atoms with Crippen LogP contribution in [0.3, 0.4) is 0 Å². The van der Waals surface area contributed by atoms with Crippen LogP contribution in [0.25, 0.3) is 0 Å². The largest absolute Gasteiger partial charge is 0.379 e. The van der Waals surface area contributed by atoms with Crippen LogP contribution in [0.1, 0.15) is 33.1 Å². The van der Waals surface area contributed by atoms with E-state index in [0.717, 1.165) is 18.8 Å². The number of ether oxygens (including phenoxy) is 1. The molecule has 4 unspecified atom stereocenters.